The first kappa shape index (κ1) is 9.77. The summed E-state index contributed by atoms with van der Waals surface area (Å²) in [4.78, 5) is 0. The van der Waals surface area contributed by atoms with Gasteiger partial charge in [0.15, 0.2) is 0 Å². The lowest BCUT2D eigenvalue weighted by atomic mass is 10.3. The highest BCUT2D eigenvalue weighted by molar-refractivity contribution is 6.38. The van der Waals surface area contributed by atoms with Crippen LogP contribution in [0.15, 0.2) is 18.2 Å². The Balaban J connectivity index is 2.67. The number of hydrogen-bond acceptors (Lipinski definition) is 2. The Labute approximate surface area is 91.4 Å². The molecule has 0 aliphatic rings. The maximum Gasteiger partial charge on any atom is 0.135 e. The molecule has 0 radical (unpaired) electrons. The minimum absolute atomic E-state index is 0.505. The van der Waals surface area contributed by atoms with E-state index >= 15 is 0 Å². The molecule has 0 amide bonds. The topological polar surface area (TPSA) is 43.8 Å². The molecule has 2 aromatic rings. The molecule has 0 aliphatic heterocycles. The molecular weight excluding hydrogens is 221 g/mol. The fourth-order valence-electron chi connectivity index (χ4n) is 1.36. The van der Waals surface area contributed by atoms with Crippen LogP contribution in [0.5, 0.6) is 0 Å². The van der Waals surface area contributed by atoms with E-state index in [-0.39, 0.29) is 0 Å². The Morgan fingerprint density at radius 3 is 2.79 bits per heavy atom. The van der Waals surface area contributed by atoms with Crippen molar-refractivity contribution in [1.82, 2.24) is 9.78 Å². The molecule has 1 aromatic carbocycles. The van der Waals surface area contributed by atoms with E-state index in [0.29, 0.717) is 23.3 Å². The van der Waals surface area contributed by atoms with Gasteiger partial charge in [-0.15, -0.1) is 0 Å². The van der Waals surface area contributed by atoms with Crippen LogP contribution in [0.4, 0.5) is 0 Å². The molecule has 0 fully saturated rings. The van der Waals surface area contributed by atoms with Crippen LogP contribution in [-0.2, 0) is 6.54 Å². The van der Waals surface area contributed by atoms with E-state index in [1.807, 2.05) is 12.1 Å². The number of aromatic nitrogens is 2. The van der Waals surface area contributed by atoms with Crippen LogP contribution < -0.4 is 5.73 Å². The molecule has 0 unspecified atom stereocenters. The first-order chi connectivity index (χ1) is 6.74. The molecule has 1 heterocycles. The molecule has 0 saturated heterocycles. The van der Waals surface area contributed by atoms with Crippen LogP contribution in [0.2, 0.25) is 10.2 Å². The summed E-state index contributed by atoms with van der Waals surface area (Å²) in [5, 5.41) is 6.34. The molecule has 0 aliphatic carbocycles. The van der Waals surface area contributed by atoms with E-state index in [4.69, 9.17) is 28.9 Å². The molecule has 0 spiro atoms. The average Bonchev–Trinajstić information content (AvgIpc) is 2.48. The van der Waals surface area contributed by atoms with E-state index in [9.17, 15) is 0 Å². The van der Waals surface area contributed by atoms with Gasteiger partial charge < -0.3 is 5.73 Å². The summed E-state index contributed by atoms with van der Waals surface area (Å²) in [7, 11) is 0. The van der Waals surface area contributed by atoms with Gasteiger partial charge in [-0.3, -0.25) is 4.68 Å². The number of nitrogens with zero attached hydrogens (tertiary/aromatic N) is 2. The van der Waals surface area contributed by atoms with Gasteiger partial charge in [-0.25, -0.2) is 0 Å². The van der Waals surface area contributed by atoms with Crippen LogP contribution in [0.25, 0.3) is 10.9 Å². The monoisotopic (exact) mass is 229 g/mol. The Bertz CT molecular complexity index is 464. The summed E-state index contributed by atoms with van der Waals surface area (Å²) in [6.45, 7) is 1.11. The normalized spacial score (nSPS) is 11.1. The minimum Gasteiger partial charge on any atom is -0.329 e. The SMILES string of the molecule is NCCn1nc2c(Cl)cccc2c1Cl. The van der Waals surface area contributed by atoms with Gasteiger partial charge in [-0.2, -0.15) is 5.10 Å². The van der Waals surface area contributed by atoms with Gasteiger partial charge in [-0.05, 0) is 12.1 Å². The van der Waals surface area contributed by atoms with Crippen LogP contribution in [0.3, 0.4) is 0 Å². The quantitative estimate of drug-likeness (QED) is 0.860. The summed E-state index contributed by atoms with van der Waals surface area (Å²) >= 11 is 12.1. The second-order valence-corrected chi connectivity index (χ2v) is 3.70. The average molecular weight is 230 g/mol. The summed E-state index contributed by atoms with van der Waals surface area (Å²) in [6.07, 6.45) is 0. The van der Waals surface area contributed by atoms with Gasteiger partial charge in [0.1, 0.15) is 10.7 Å². The fourth-order valence-corrected chi connectivity index (χ4v) is 1.84. The highest BCUT2D eigenvalue weighted by atomic mass is 35.5. The molecule has 74 valence electrons. The number of benzene rings is 1. The first-order valence-corrected chi connectivity index (χ1v) is 5.00. The van der Waals surface area contributed by atoms with Gasteiger partial charge in [0.2, 0.25) is 0 Å². The highest BCUT2D eigenvalue weighted by Crippen LogP contribution is 2.28. The van der Waals surface area contributed by atoms with Crippen molar-refractivity contribution in [1.29, 1.82) is 0 Å². The third kappa shape index (κ3) is 1.47. The zero-order chi connectivity index (χ0) is 10.1. The predicted octanol–water partition coefficient (Wildman–Crippen LogP) is 2.30. The molecule has 2 N–H and O–H groups in total. The van der Waals surface area contributed by atoms with Crippen LogP contribution >= 0.6 is 23.2 Å². The number of hydrogen-bond donors (Lipinski definition) is 1. The van der Waals surface area contributed by atoms with E-state index < -0.39 is 0 Å². The van der Waals surface area contributed by atoms with Crippen molar-refractivity contribution in [3.8, 4) is 0 Å². The lowest BCUT2D eigenvalue weighted by Gasteiger charge is -1.97. The van der Waals surface area contributed by atoms with Gasteiger partial charge in [0, 0.05) is 11.9 Å². The van der Waals surface area contributed by atoms with Crippen LogP contribution in [-0.4, -0.2) is 16.3 Å². The molecule has 1 aromatic heterocycles. The number of halogens is 2. The van der Waals surface area contributed by atoms with E-state index in [2.05, 4.69) is 5.10 Å². The van der Waals surface area contributed by atoms with Crippen molar-refractivity contribution in [3.63, 3.8) is 0 Å². The van der Waals surface area contributed by atoms with Gasteiger partial charge in [0.25, 0.3) is 0 Å². The van der Waals surface area contributed by atoms with Crippen molar-refractivity contribution in [2.75, 3.05) is 6.54 Å². The van der Waals surface area contributed by atoms with E-state index in [1.54, 1.807) is 10.7 Å². The smallest absolute Gasteiger partial charge is 0.135 e. The highest BCUT2D eigenvalue weighted by Gasteiger charge is 2.10. The van der Waals surface area contributed by atoms with E-state index in [1.165, 1.54) is 0 Å². The van der Waals surface area contributed by atoms with E-state index in [0.717, 1.165) is 10.9 Å². The molecule has 5 heteroatoms. The van der Waals surface area contributed by atoms with Gasteiger partial charge in [0.05, 0.1) is 11.6 Å². The van der Waals surface area contributed by atoms with Crippen molar-refractivity contribution in [3.05, 3.63) is 28.4 Å². The minimum atomic E-state index is 0.505. The second kappa shape index (κ2) is 3.77. The second-order valence-electron chi connectivity index (χ2n) is 2.94. The Hall–Kier alpha value is -0.770. The summed E-state index contributed by atoms with van der Waals surface area (Å²) in [5.74, 6) is 0. The van der Waals surface area contributed by atoms with Crippen molar-refractivity contribution >= 4 is 34.1 Å². The Morgan fingerprint density at radius 2 is 2.14 bits per heavy atom. The number of fused-ring (bicyclic) bond motifs is 1. The lowest BCUT2D eigenvalue weighted by molar-refractivity contribution is 0.632. The van der Waals surface area contributed by atoms with Gasteiger partial charge >= 0.3 is 0 Å². The third-order valence-electron chi connectivity index (χ3n) is 2.00. The first-order valence-electron chi connectivity index (χ1n) is 4.24. The van der Waals surface area contributed by atoms with Crippen LogP contribution in [0, 0.1) is 0 Å². The van der Waals surface area contributed by atoms with Crippen LogP contribution in [0.1, 0.15) is 0 Å². The zero-order valence-electron chi connectivity index (χ0n) is 7.37. The largest absolute Gasteiger partial charge is 0.329 e. The maximum atomic E-state index is 6.09. The zero-order valence-corrected chi connectivity index (χ0v) is 8.89. The van der Waals surface area contributed by atoms with Crippen molar-refractivity contribution in [2.24, 2.45) is 5.73 Å². The molecule has 0 saturated carbocycles. The molecular formula is C9H9Cl2N3. The van der Waals surface area contributed by atoms with Crippen molar-refractivity contribution < 1.29 is 0 Å². The molecule has 3 nitrogen and oxygen atoms in total. The van der Waals surface area contributed by atoms with Gasteiger partial charge in [-0.1, -0.05) is 29.3 Å². The predicted molar refractivity (Wildman–Crippen MR) is 58.8 cm³/mol. The molecule has 0 atom stereocenters. The Morgan fingerprint density at radius 1 is 1.36 bits per heavy atom. The number of nitrogens with two attached hydrogens (primary N) is 1. The summed E-state index contributed by atoms with van der Waals surface area (Å²) < 4.78 is 1.66. The Kier molecular flexibility index (Phi) is 2.63. The summed E-state index contributed by atoms with van der Waals surface area (Å²) in [6, 6.07) is 5.54. The fraction of sp³-hybridized carbons (Fsp3) is 0.222. The lowest BCUT2D eigenvalue weighted by Crippen LogP contribution is -2.10. The van der Waals surface area contributed by atoms with Crippen molar-refractivity contribution in [2.45, 2.75) is 6.54 Å². The standard InChI is InChI=1S/C9H9Cl2N3/c10-7-3-1-2-6-8(7)13-14(5-4-12)9(6)11/h1-3H,4-5,12H2. The third-order valence-corrected chi connectivity index (χ3v) is 2.70. The molecule has 14 heavy (non-hydrogen) atoms. The summed E-state index contributed by atoms with van der Waals surface area (Å²) in [5.41, 5.74) is 6.17. The number of rotatable bonds is 2. The molecule has 2 rings (SSSR count). The molecule has 0 bridgehead atoms. The maximum absolute atomic E-state index is 6.09.